The van der Waals surface area contributed by atoms with E-state index in [4.69, 9.17) is 0 Å². The largest absolute Gasteiger partial charge is 0.264 e. The maximum Gasteiger partial charge on any atom is 0.140 e. The molecule has 10 heavy (non-hydrogen) atoms. The molecule has 3 heteroatoms. The van der Waals surface area contributed by atoms with Crippen LogP contribution in [0.15, 0.2) is 29.3 Å². The van der Waals surface area contributed by atoms with E-state index in [1.165, 1.54) is 17.3 Å². The monoisotopic (exact) mass is 140 g/mol. The molecule has 0 saturated carbocycles. The van der Waals surface area contributed by atoms with Gasteiger partial charge in [-0.2, -0.15) is 5.10 Å². The summed E-state index contributed by atoms with van der Waals surface area (Å²) in [7, 11) is 0. The lowest BCUT2D eigenvalue weighted by molar-refractivity contribution is 0.341. The van der Waals surface area contributed by atoms with E-state index in [2.05, 4.69) is 11.8 Å². The van der Waals surface area contributed by atoms with Gasteiger partial charge < -0.3 is 0 Å². The number of hydrogen-bond acceptors (Lipinski definition) is 2. The number of halogens is 1. The van der Waals surface area contributed by atoms with Crippen LogP contribution < -0.4 is 0 Å². The van der Waals surface area contributed by atoms with E-state index < -0.39 is 0 Å². The highest BCUT2D eigenvalue weighted by molar-refractivity contribution is 5.25. The Labute approximate surface area is 59.3 Å². The molecule has 0 spiro atoms. The SMILES string of the molecule is C=NN1C=C(F)C=CC1C. The smallest absolute Gasteiger partial charge is 0.140 e. The van der Waals surface area contributed by atoms with Gasteiger partial charge >= 0.3 is 0 Å². The third-order valence-corrected chi connectivity index (χ3v) is 1.37. The molecule has 0 N–H and O–H groups in total. The highest BCUT2D eigenvalue weighted by Gasteiger charge is 2.09. The summed E-state index contributed by atoms with van der Waals surface area (Å²) in [5.74, 6) is -0.287. The molecule has 0 aromatic heterocycles. The van der Waals surface area contributed by atoms with Crippen LogP contribution in [0.3, 0.4) is 0 Å². The summed E-state index contributed by atoms with van der Waals surface area (Å²) in [6.45, 7) is 5.21. The van der Waals surface area contributed by atoms with Crippen LogP contribution in [0.5, 0.6) is 0 Å². The fourth-order valence-corrected chi connectivity index (χ4v) is 0.776. The van der Waals surface area contributed by atoms with Crippen molar-refractivity contribution in [1.82, 2.24) is 5.01 Å². The second-order valence-electron chi connectivity index (χ2n) is 2.14. The summed E-state index contributed by atoms with van der Waals surface area (Å²) < 4.78 is 12.4. The van der Waals surface area contributed by atoms with Crippen molar-refractivity contribution < 1.29 is 4.39 Å². The maximum absolute atomic E-state index is 12.4. The summed E-state index contributed by atoms with van der Waals surface area (Å²) in [6, 6.07) is 0.108. The van der Waals surface area contributed by atoms with Gasteiger partial charge in [0.1, 0.15) is 5.83 Å². The summed E-state index contributed by atoms with van der Waals surface area (Å²) in [4.78, 5) is 0. The Morgan fingerprint density at radius 3 is 3.00 bits per heavy atom. The second-order valence-corrected chi connectivity index (χ2v) is 2.14. The number of hydrazone groups is 1. The molecule has 0 aromatic carbocycles. The number of nitrogens with zero attached hydrogens (tertiary/aromatic N) is 2. The van der Waals surface area contributed by atoms with Crippen molar-refractivity contribution in [2.45, 2.75) is 13.0 Å². The van der Waals surface area contributed by atoms with Gasteiger partial charge in [0.2, 0.25) is 0 Å². The zero-order valence-electron chi connectivity index (χ0n) is 5.79. The molecule has 0 aliphatic carbocycles. The highest BCUT2D eigenvalue weighted by Crippen LogP contribution is 2.13. The van der Waals surface area contributed by atoms with E-state index in [0.29, 0.717) is 0 Å². The summed E-state index contributed by atoms with van der Waals surface area (Å²) >= 11 is 0. The van der Waals surface area contributed by atoms with Gasteiger partial charge in [-0.15, -0.1) is 0 Å². The van der Waals surface area contributed by atoms with Crippen LogP contribution in [-0.2, 0) is 0 Å². The van der Waals surface area contributed by atoms with Crippen molar-refractivity contribution in [1.29, 1.82) is 0 Å². The normalized spacial score (nSPS) is 24.4. The van der Waals surface area contributed by atoms with E-state index in [9.17, 15) is 4.39 Å². The molecular weight excluding hydrogens is 131 g/mol. The summed E-state index contributed by atoms with van der Waals surface area (Å²) in [5, 5.41) is 5.06. The Balaban J connectivity index is 2.76. The van der Waals surface area contributed by atoms with Crippen LogP contribution in [-0.4, -0.2) is 17.8 Å². The van der Waals surface area contributed by atoms with Crippen molar-refractivity contribution in [3.63, 3.8) is 0 Å². The van der Waals surface area contributed by atoms with Gasteiger partial charge in [0.25, 0.3) is 0 Å². The van der Waals surface area contributed by atoms with Gasteiger partial charge in [0.05, 0.1) is 12.2 Å². The second kappa shape index (κ2) is 2.64. The Hall–Kier alpha value is -1.12. The van der Waals surface area contributed by atoms with Crippen LogP contribution in [0.25, 0.3) is 0 Å². The molecule has 0 fully saturated rings. The van der Waals surface area contributed by atoms with Crippen molar-refractivity contribution in [3.05, 3.63) is 24.2 Å². The fourth-order valence-electron chi connectivity index (χ4n) is 0.776. The summed E-state index contributed by atoms with van der Waals surface area (Å²) in [6.07, 6.45) is 4.47. The van der Waals surface area contributed by atoms with Gasteiger partial charge in [-0.3, -0.25) is 5.01 Å². The molecule has 54 valence electrons. The molecule has 1 rings (SSSR count). The van der Waals surface area contributed by atoms with E-state index in [1.807, 2.05) is 6.92 Å². The highest BCUT2D eigenvalue weighted by atomic mass is 19.1. The van der Waals surface area contributed by atoms with Crippen LogP contribution >= 0.6 is 0 Å². The average molecular weight is 140 g/mol. The van der Waals surface area contributed by atoms with Gasteiger partial charge in [-0.1, -0.05) is 6.08 Å². The van der Waals surface area contributed by atoms with Gasteiger partial charge in [0.15, 0.2) is 0 Å². The first-order valence-electron chi connectivity index (χ1n) is 3.04. The minimum atomic E-state index is -0.287. The zero-order chi connectivity index (χ0) is 7.56. The maximum atomic E-state index is 12.4. The molecule has 0 bridgehead atoms. The Kier molecular flexibility index (Phi) is 1.85. The topological polar surface area (TPSA) is 15.6 Å². The first-order chi connectivity index (χ1) is 4.74. The zero-order valence-corrected chi connectivity index (χ0v) is 5.79. The lowest BCUT2D eigenvalue weighted by atomic mass is 10.2. The first-order valence-corrected chi connectivity index (χ1v) is 3.04. The predicted molar refractivity (Wildman–Crippen MR) is 39.2 cm³/mol. The minimum Gasteiger partial charge on any atom is -0.264 e. The van der Waals surface area contributed by atoms with Crippen LogP contribution in [0.2, 0.25) is 0 Å². The Bertz CT molecular complexity index is 196. The molecule has 1 aliphatic heterocycles. The average Bonchev–Trinajstić information content (AvgIpc) is 1.94. The molecule has 0 saturated heterocycles. The van der Waals surface area contributed by atoms with E-state index in [1.54, 1.807) is 6.08 Å². The van der Waals surface area contributed by atoms with Gasteiger partial charge in [0, 0.05) is 6.72 Å². The lowest BCUT2D eigenvalue weighted by Crippen LogP contribution is -2.22. The van der Waals surface area contributed by atoms with Crippen molar-refractivity contribution in [2.24, 2.45) is 5.10 Å². The van der Waals surface area contributed by atoms with Gasteiger partial charge in [-0.05, 0) is 13.0 Å². The minimum absolute atomic E-state index is 0.108. The standard InChI is InChI=1S/C7H9FN2/c1-6-3-4-7(8)5-10(6)9-2/h3-6H,2H2,1H3. The summed E-state index contributed by atoms with van der Waals surface area (Å²) in [5.41, 5.74) is 0. The molecule has 0 aromatic rings. The van der Waals surface area contributed by atoms with Crippen molar-refractivity contribution in [2.75, 3.05) is 0 Å². The molecule has 1 aliphatic rings. The third-order valence-electron chi connectivity index (χ3n) is 1.37. The van der Waals surface area contributed by atoms with E-state index >= 15 is 0 Å². The molecular formula is C7H9FN2. The van der Waals surface area contributed by atoms with Crippen molar-refractivity contribution in [3.8, 4) is 0 Å². The number of rotatable bonds is 1. The molecule has 1 atom stereocenters. The van der Waals surface area contributed by atoms with Crippen molar-refractivity contribution >= 4 is 6.72 Å². The van der Waals surface area contributed by atoms with Crippen LogP contribution in [0.4, 0.5) is 4.39 Å². The fraction of sp³-hybridized carbons (Fsp3) is 0.286. The van der Waals surface area contributed by atoms with Gasteiger partial charge in [-0.25, -0.2) is 4.39 Å². The van der Waals surface area contributed by atoms with Crippen LogP contribution in [0, 0.1) is 0 Å². The van der Waals surface area contributed by atoms with E-state index in [-0.39, 0.29) is 11.9 Å². The van der Waals surface area contributed by atoms with Crippen LogP contribution in [0.1, 0.15) is 6.92 Å². The predicted octanol–water partition coefficient (Wildman–Crippen LogP) is 1.67. The molecule has 0 amide bonds. The third kappa shape index (κ3) is 1.23. The quantitative estimate of drug-likeness (QED) is 0.506. The Morgan fingerprint density at radius 1 is 1.80 bits per heavy atom. The number of allylic oxidation sites excluding steroid dienone is 2. The Morgan fingerprint density at radius 2 is 2.50 bits per heavy atom. The molecule has 0 radical (unpaired) electrons. The molecule has 1 heterocycles. The molecule has 2 nitrogen and oxygen atoms in total. The van der Waals surface area contributed by atoms with E-state index in [0.717, 1.165) is 0 Å². The first kappa shape index (κ1) is 6.99. The number of hydrogen-bond donors (Lipinski definition) is 0. The lowest BCUT2D eigenvalue weighted by Gasteiger charge is -2.21. The molecule has 1 unspecified atom stereocenters.